The second-order valence-corrected chi connectivity index (χ2v) is 3.87. The highest BCUT2D eigenvalue weighted by Crippen LogP contribution is 2.25. The van der Waals surface area contributed by atoms with Gasteiger partial charge in [-0.15, -0.1) is 0 Å². The highest BCUT2D eigenvalue weighted by atomic mass is 35.5. The highest BCUT2D eigenvalue weighted by Gasteiger charge is 2.12. The number of nitrogens with zero attached hydrogens (tertiary/aromatic N) is 2. The van der Waals surface area contributed by atoms with Crippen LogP contribution in [0.3, 0.4) is 0 Å². The molecule has 0 radical (unpaired) electrons. The summed E-state index contributed by atoms with van der Waals surface area (Å²) in [4.78, 5) is 11.3. The van der Waals surface area contributed by atoms with Crippen molar-refractivity contribution in [1.29, 1.82) is 5.26 Å². The van der Waals surface area contributed by atoms with E-state index in [1.807, 2.05) is 0 Å². The van der Waals surface area contributed by atoms with Crippen molar-refractivity contribution in [3.63, 3.8) is 0 Å². The third-order valence-corrected chi connectivity index (χ3v) is 2.34. The Morgan fingerprint density at radius 2 is 2.28 bits per heavy atom. The molecule has 0 spiro atoms. The minimum atomic E-state index is -0.794. The molecular weight excluding hydrogens is 277 g/mol. The second-order valence-electron chi connectivity index (χ2n) is 3.03. The number of rotatable bonds is 4. The van der Waals surface area contributed by atoms with Crippen LogP contribution in [-0.2, 0) is 9.53 Å². The molecule has 0 amide bonds. The maximum atomic E-state index is 11.3. The van der Waals surface area contributed by atoms with Crippen molar-refractivity contribution in [2.24, 2.45) is 5.10 Å². The predicted molar refractivity (Wildman–Crippen MR) is 69.8 cm³/mol. The number of benzene rings is 1. The SMILES string of the molecule is CCOC(=O)C(C#N)=NNc1ccc(Cl)cc1Cl. The molecule has 1 rings (SSSR count). The zero-order valence-corrected chi connectivity index (χ0v) is 10.9. The summed E-state index contributed by atoms with van der Waals surface area (Å²) in [7, 11) is 0. The first-order valence-corrected chi connectivity index (χ1v) is 5.70. The lowest BCUT2D eigenvalue weighted by Crippen LogP contribution is -2.17. The molecule has 0 saturated carbocycles. The van der Waals surface area contributed by atoms with E-state index >= 15 is 0 Å². The third-order valence-electron chi connectivity index (χ3n) is 1.79. The van der Waals surface area contributed by atoms with E-state index in [4.69, 9.17) is 28.5 Å². The van der Waals surface area contributed by atoms with E-state index in [1.165, 1.54) is 6.07 Å². The molecule has 0 aliphatic rings. The van der Waals surface area contributed by atoms with Gasteiger partial charge in [0.05, 0.1) is 17.3 Å². The van der Waals surface area contributed by atoms with Crippen LogP contribution in [0.25, 0.3) is 0 Å². The van der Waals surface area contributed by atoms with Crippen molar-refractivity contribution in [1.82, 2.24) is 0 Å². The molecule has 0 atom stereocenters. The number of ether oxygens (including phenoxy) is 1. The van der Waals surface area contributed by atoms with Crippen LogP contribution in [0.1, 0.15) is 6.92 Å². The Hall–Kier alpha value is -1.77. The summed E-state index contributed by atoms with van der Waals surface area (Å²) in [5.41, 5.74) is 2.55. The molecule has 1 aromatic carbocycles. The first-order chi connectivity index (χ1) is 8.58. The normalized spacial score (nSPS) is 10.7. The molecule has 0 fully saturated rings. The van der Waals surface area contributed by atoms with Gasteiger partial charge in [0.1, 0.15) is 6.07 Å². The van der Waals surface area contributed by atoms with Crippen molar-refractivity contribution >= 4 is 40.6 Å². The van der Waals surface area contributed by atoms with Crippen molar-refractivity contribution in [3.8, 4) is 6.07 Å². The summed E-state index contributed by atoms with van der Waals surface area (Å²) < 4.78 is 4.65. The largest absolute Gasteiger partial charge is 0.461 e. The van der Waals surface area contributed by atoms with Crippen LogP contribution in [0.15, 0.2) is 23.3 Å². The second kappa shape index (κ2) is 6.84. The van der Waals surface area contributed by atoms with E-state index in [-0.39, 0.29) is 12.3 Å². The summed E-state index contributed by atoms with van der Waals surface area (Å²) in [5, 5.41) is 13.2. The molecule has 0 aliphatic carbocycles. The molecular formula is C11H9Cl2N3O2. The highest BCUT2D eigenvalue weighted by molar-refractivity contribution is 6.43. The summed E-state index contributed by atoms with van der Waals surface area (Å²) >= 11 is 11.6. The van der Waals surface area contributed by atoms with E-state index in [0.29, 0.717) is 15.7 Å². The monoisotopic (exact) mass is 285 g/mol. The third kappa shape index (κ3) is 3.91. The van der Waals surface area contributed by atoms with E-state index in [9.17, 15) is 4.79 Å². The zero-order chi connectivity index (χ0) is 13.5. The maximum absolute atomic E-state index is 11.3. The molecule has 0 aromatic heterocycles. The number of anilines is 1. The van der Waals surface area contributed by atoms with Crippen LogP contribution in [-0.4, -0.2) is 18.3 Å². The van der Waals surface area contributed by atoms with Gasteiger partial charge in [-0.1, -0.05) is 23.2 Å². The summed E-state index contributed by atoms with van der Waals surface area (Å²) in [6.07, 6.45) is 0. The molecule has 0 aliphatic heterocycles. The number of carbonyl (C=O) groups excluding carboxylic acids is 1. The van der Waals surface area contributed by atoms with Crippen molar-refractivity contribution < 1.29 is 9.53 Å². The summed E-state index contributed by atoms with van der Waals surface area (Å²) in [5.74, 6) is -0.794. The Kier molecular flexibility index (Phi) is 5.43. The van der Waals surface area contributed by atoms with Gasteiger partial charge < -0.3 is 4.74 Å². The van der Waals surface area contributed by atoms with Gasteiger partial charge in [0.15, 0.2) is 0 Å². The summed E-state index contributed by atoms with van der Waals surface area (Å²) in [6, 6.07) is 6.32. The van der Waals surface area contributed by atoms with Crippen molar-refractivity contribution in [3.05, 3.63) is 28.2 Å². The number of hydrogen-bond acceptors (Lipinski definition) is 5. The predicted octanol–water partition coefficient (Wildman–Crippen LogP) is 2.85. The van der Waals surface area contributed by atoms with Crippen LogP contribution >= 0.6 is 23.2 Å². The van der Waals surface area contributed by atoms with Crippen LogP contribution < -0.4 is 5.43 Å². The minimum Gasteiger partial charge on any atom is -0.461 e. The van der Waals surface area contributed by atoms with E-state index in [1.54, 1.807) is 25.1 Å². The molecule has 94 valence electrons. The number of halogens is 2. The van der Waals surface area contributed by atoms with E-state index in [0.717, 1.165) is 0 Å². The number of hydrogen-bond donors (Lipinski definition) is 1. The Labute approximate surface area is 114 Å². The molecule has 0 heterocycles. The smallest absolute Gasteiger partial charge is 0.369 e. The van der Waals surface area contributed by atoms with Gasteiger partial charge in [0, 0.05) is 5.02 Å². The Balaban J connectivity index is 2.84. The zero-order valence-electron chi connectivity index (χ0n) is 9.41. The number of nitrogens with one attached hydrogen (secondary N) is 1. The topological polar surface area (TPSA) is 74.5 Å². The fraction of sp³-hybridized carbons (Fsp3) is 0.182. The molecule has 5 nitrogen and oxygen atoms in total. The van der Waals surface area contributed by atoms with Gasteiger partial charge in [-0.05, 0) is 25.1 Å². The molecule has 1 N–H and O–H groups in total. The maximum Gasteiger partial charge on any atom is 0.369 e. The number of esters is 1. The Morgan fingerprint density at radius 1 is 1.56 bits per heavy atom. The number of nitriles is 1. The van der Waals surface area contributed by atoms with Gasteiger partial charge in [0.25, 0.3) is 0 Å². The quantitative estimate of drug-likeness (QED) is 0.524. The van der Waals surface area contributed by atoms with Crippen LogP contribution in [0.4, 0.5) is 5.69 Å². The van der Waals surface area contributed by atoms with Crippen molar-refractivity contribution in [2.75, 3.05) is 12.0 Å². The minimum absolute atomic E-state index is 0.168. The van der Waals surface area contributed by atoms with Gasteiger partial charge in [-0.2, -0.15) is 10.4 Å². The lowest BCUT2D eigenvalue weighted by Gasteiger charge is -2.04. The van der Waals surface area contributed by atoms with Crippen molar-refractivity contribution in [2.45, 2.75) is 6.92 Å². The van der Waals surface area contributed by atoms with Gasteiger partial charge in [-0.3, -0.25) is 5.43 Å². The standard InChI is InChI=1S/C11H9Cl2N3O2/c1-2-18-11(17)10(6-14)16-15-9-4-3-7(12)5-8(9)13/h3-5,15H,2H2,1H3. The average Bonchev–Trinajstić information content (AvgIpc) is 2.32. The van der Waals surface area contributed by atoms with Gasteiger partial charge in [0.2, 0.25) is 5.71 Å². The van der Waals surface area contributed by atoms with Crippen LogP contribution in [0.2, 0.25) is 10.0 Å². The Bertz CT molecular complexity index is 524. The van der Waals surface area contributed by atoms with E-state index < -0.39 is 5.97 Å². The molecule has 0 bridgehead atoms. The molecule has 18 heavy (non-hydrogen) atoms. The lowest BCUT2D eigenvalue weighted by molar-refractivity contribution is -0.134. The summed E-state index contributed by atoms with van der Waals surface area (Å²) in [6.45, 7) is 1.80. The molecule has 0 saturated heterocycles. The fourth-order valence-corrected chi connectivity index (χ4v) is 1.46. The average molecular weight is 286 g/mol. The van der Waals surface area contributed by atoms with Gasteiger partial charge in [-0.25, -0.2) is 4.79 Å². The Morgan fingerprint density at radius 3 is 2.83 bits per heavy atom. The van der Waals surface area contributed by atoms with Gasteiger partial charge >= 0.3 is 5.97 Å². The van der Waals surface area contributed by atoms with Crippen LogP contribution in [0, 0.1) is 11.3 Å². The first kappa shape index (κ1) is 14.3. The number of hydrazone groups is 1. The molecule has 0 unspecified atom stereocenters. The number of carbonyl (C=O) groups is 1. The molecule has 7 heteroatoms. The molecule has 1 aromatic rings. The first-order valence-electron chi connectivity index (χ1n) is 4.94. The van der Waals surface area contributed by atoms with Crippen LogP contribution in [0.5, 0.6) is 0 Å². The lowest BCUT2D eigenvalue weighted by atomic mass is 10.3. The fourth-order valence-electron chi connectivity index (χ4n) is 1.01. The van der Waals surface area contributed by atoms with E-state index in [2.05, 4.69) is 15.3 Å².